The van der Waals surface area contributed by atoms with Gasteiger partial charge in [-0.2, -0.15) is 0 Å². The van der Waals surface area contributed by atoms with Crippen LogP contribution in [0.15, 0.2) is 84.1 Å². The number of thiazole rings is 2. The molecule has 2 aromatic carbocycles. The van der Waals surface area contributed by atoms with Crippen molar-refractivity contribution in [3.63, 3.8) is 0 Å². The largest absolute Gasteiger partial charge is 0.352 e. The Labute approximate surface area is 356 Å². The molecule has 59 heavy (non-hydrogen) atoms. The first-order chi connectivity index (χ1) is 28.7. The second kappa shape index (κ2) is 18.1. The third kappa shape index (κ3) is 8.67. The van der Waals surface area contributed by atoms with E-state index in [2.05, 4.69) is 85.8 Å². The number of carbonyl (C=O) groups excluding carboxylic acids is 1. The molecule has 2 aliphatic heterocycles. The first kappa shape index (κ1) is 40.7. The summed E-state index contributed by atoms with van der Waals surface area (Å²) in [5.41, 5.74) is 10.3. The van der Waals surface area contributed by atoms with Gasteiger partial charge >= 0.3 is 0 Å². The molecular formula is C44H42F2N8OS4. The number of aldehydes is 1. The average Bonchev–Trinajstić information content (AvgIpc) is 4.06. The minimum Gasteiger partial charge on any atom is -0.352 e. The summed E-state index contributed by atoms with van der Waals surface area (Å²) in [6.07, 6.45) is 11.0. The number of aromatic nitrogens is 4. The van der Waals surface area contributed by atoms with Crippen molar-refractivity contribution in [1.82, 2.24) is 30.2 Å². The average molecular weight is 865 g/mol. The molecule has 0 fully saturated rings. The molecule has 15 heteroatoms. The fourth-order valence-electron chi connectivity index (χ4n) is 7.43. The zero-order valence-electron chi connectivity index (χ0n) is 32.9. The van der Waals surface area contributed by atoms with Crippen molar-refractivity contribution < 1.29 is 13.6 Å². The molecule has 0 spiro atoms. The molecule has 0 saturated heterocycles. The van der Waals surface area contributed by atoms with Crippen LogP contribution in [0.25, 0.3) is 52.0 Å². The molecule has 0 bridgehead atoms. The predicted octanol–water partition coefficient (Wildman–Crippen LogP) is 12.0. The number of nitrogens with one attached hydrogen (secondary N) is 3. The van der Waals surface area contributed by atoms with Crippen LogP contribution in [0.4, 0.5) is 31.5 Å². The van der Waals surface area contributed by atoms with Crippen LogP contribution in [0.3, 0.4) is 0 Å². The molecule has 0 radical (unpaired) electrons. The molecule has 3 N–H and O–H groups in total. The maximum atomic E-state index is 14.6. The fraction of sp³-hybridized carbons (Fsp3) is 0.250. The molecule has 2 unspecified atom stereocenters. The van der Waals surface area contributed by atoms with E-state index in [0.29, 0.717) is 23.5 Å². The first-order valence-electron chi connectivity index (χ1n) is 19.4. The SMILES string of the molecule is CC1NCCC=C1c1cc2c(Nc3cc4ncsc4cc3F)ccnc2s1.CC=O.CCN1CCC=C(c2cc3c(Nc4cc5ncsc5cc4F)ccnc3s2)C1C. The van der Waals surface area contributed by atoms with E-state index in [1.165, 1.54) is 56.6 Å². The number of pyridine rings is 2. The van der Waals surface area contributed by atoms with Crippen molar-refractivity contribution in [2.75, 3.05) is 30.3 Å². The number of halogens is 2. The third-order valence-electron chi connectivity index (χ3n) is 10.4. The van der Waals surface area contributed by atoms with Gasteiger partial charge in [0, 0.05) is 51.5 Å². The number of carbonyl (C=O) groups is 1. The Morgan fingerprint density at radius 3 is 1.81 bits per heavy atom. The number of likely N-dealkylation sites (N-methyl/N-ethyl adjacent to an activating group) is 1. The Morgan fingerprint density at radius 1 is 0.763 bits per heavy atom. The Bertz CT molecular complexity index is 2840. The van der Waals surface area contributed by atoms with Crippen LogP contribution in [0.1, 0.15) is 50.3 Å². The van der Waals surface area contributed by atoms with Gasteiger partial charge in [0.15, 0.2) is 0 Å². The molecule has 8 aromatic rings. The molecule has 8 heterocycles. The van der Waals surface area contributed by atoms with Crippen LogP contribution in [0, 0.1) is 11.6 Å². The van der Waals surface area contributed by atoms with Crippen molar-refractivity contribution in [1.29, 1.82) is 0 Å². The number of hydrogen-bond donors (Lipinski definition) is 3. The lowest BCUT2D eigenvalue weighted by atomic mass is 9.99. The van der Waals surface area contributed by atoms with Crippen molar-refractivity contribution >= 4 is 126 Å². The smallest absolute Gasteiger partial charge is 0.148 e. The maximum Gasteiger partial charge on any atom is 0.148 e. The van der Waals surface area contributed by atoms with Crippen molar-refractivity contribution in [2.24, 2.45) is 0 Å². The summed E-state index contributed by atoms with van der Waals surface area (Å²) < 4.78 is 30.8. The van der Waals surface area contributed by atoms with E-state index in [4.69, 9.17) is 4.79 Å². The number of hydrogen-bond acceptors (Lipinski definition) is 13. The normalized spacial score (nSPS) is 16.9. The topological polar surface area (TPSA) is 108 Å². The van der Waals surface area contributed by atoms with Crippen LogP contribution in [-0.4, -0.2) is 62.8 Å². The minimum atomic E-state index is -0.278. The van der Waals surface area contributed by atoms with E-state index in [1.54, 1.807) is 64.3 Å². The van der Waals surface area contributed by atoms with Gasteiger partial charge < -0.3 is 20.7 Å². The van der Waals surface area contributed by atoms with E-state index in [-0.39, 0.29) is 11.6 Å². The van der Waals surface area contributed by atoms with Gasteiger partial charge in [-0.05, 0) is 106 Å². The van der Waals surface area contributed by atoms with Crippen LogP contribution in [0.5, 0.6) is 0 Å². The lowest BCUT2D eigenvalue weighted by molar-refractivity contribution is -0.106. The van der Waals surface area contributed by atoms with E-state index >= 15 is 0 Å². The van der Waals surface area contributed by atoms with E-state index in [1.807, 2.05) is 12.1 Å². The van der Waals surface area contributed by atoms with Crippen LogP contribution >= 0.6 is 45.3 Å². The number of fused-ring (bicyclic) bond motifs is 4. The van der Waals surface area contributed by atoms with Gasteiger partial charge in [-0.3, -0.25) is 4.90 Å². The Kier molecular flexibility index (Phi) is 12.5. The molecule has 6 aromatic heterocycles. The highest BCUT2D eigenvalue weighted by Gasteiger charge is 2.24. The van der Waals surface area contributed by atoms with Gasteiger partial charge in [-0.1, -0.05) is 19.1 Å². The van der Waals surface area contributed by atoms with Gasteiger partial charge in [0.2, 0.25) is 0 Å². The lowest BCUT2D eigenvalue weighted by Gasteiger charge is -2.32. The monoisotopic (exact) mass is 864 g/mol. The van der Waals surface area contributed by atoms with Crippen molar-refractivity contribution in [3.8, 4) is 0 Å². The van der Waals surface area contributed by atoms with Crippen molar-refractivity contribution in [3.05, 3.63) is 105 Å². The molecule has 2 atom stereocenters. The quantitative estimate of drug-likeness (QED) is 0.135. The summed E-state index contributed by atoms with van der Waals surface area (Å²) in [5.74, 6) is -0.552. The standard InChI is InChI=1S/C22H21FN4S2.C20H17FN4S2.C2H4O/c1-3-27-8-4-5-14(13(27)2)20-9-15-17(6-7-24-22(15)29-20)26-18-11-19-21(10-16(18)23)28-12-25-19;1-11-12(3-2-5-22-11)18-7-13-15(4-6-23-20(13)27-18)25-16-9-17-19(8-14(16)21)26-10-24-17;1-2-3/h5-7,9-13H,3-4,8H2,1-2H3,(H,24,26);3-4,6-11,22H,2,5H2,1H3,(H,23,25);2H,1H3. The Balaban J connectivity index is 0.000000154. The van der Waals surface area contributed by atoms with Gasteiger partial charge in [-0.15, -0.1) is 45.3 Å². The Morgan fingerprint density at radius 2 is 1.29 bits per heavy atom. The molecule has 0 saturated carbocycles. The summed E-state index contributed by atoms with van der Waals surface area (Å²) in [6, 6.07) is 15.5. The highest BCUT2D eigenvalue weighted by atomic mass is 32.1. The highest BCUT2D eigenvalue weighted by Crippen LogP contribution is 2.40. The molecule has 0 amide bonds. The van der Waals surface area contributed by atoms with Crippen LogP contribution in [-0.2, 0) is 4.79 Å². The molecule has 2 aliphatic rings. The summed E-state index contributed by atoms with van der Waals surface area (Å²) in [4.78, 5) is 33.3. The number of benzene rings is 2. The van der Waals surface area contributed by atoms with Crippen LogP contribution in [0.2, 0.25) is 0 Å². The third-order valence-corrected chi connectivity index (χ3v) is 14.2. The van der Waals surface area contributed by atoms with Gasteiger partial charge in [-0.25, -0.2) is 28.7 Å². The lowest BCUT2D eigenvalue weighted by Crippen LogP contribution is -2.36. The second-order valence-electron chi connectivity index (χ2n) is 14.0. The highest BCUT2D eigenvalue weighted by molar-refractivity contribution is 7.20. The van der Waals surface area contributed by atoms with E-state index in [9.17, 15) is 8.78 Å². The summed E-state index contributed by atoms with van der Waals surface area (Å²) >= 11 is 6.26. The maximum absolute atomic E-state index is 14.6. The molecule has 0 aliphatic carbocycles. The summed E-state index contributed by atoms with van der Waals surface area (Å²) in [5, 5.41) is 12.0. The first-order valence-corrected chi connectivity index (χ1v) is 22.8. The summed E-state index contributed by atoms with van der Waals surface area (Å²) in [6.45, 7) is 11.3. The molecule has 9 nitrogen and oxygen atoms in total. The number of rotatable bonds is 7. The molecule has 10 rings (SSSR count). The van der Waals surface area contributed by atoms with E-state index < -0.39 is 0 Å². The van der Waals surface area contributed by atoms with E-state index in [0.717, 1.165) is 91.0 Å². The van der Waals surface area contributed by atoms with Gasteiger partial charge in [0.1, 0.15) is 27.6 Å². The predicted molar refractivity (Wildman–Crippen MR) is 246 cm³/mol. The number of nitrogens with zero attached hydrogens (tertiary/aromatic N) is 5. The van der Waals surface area contributed by atoms with Crippen molar-refractivity contribution in [2.45, 2.75) is 52.6 Å². The molecule has 302 valence electrons. The zero-order chi connectivity index (χ0) is 41.0. The van der Waals surface area contributed by atoms with Gasteiger partial charge in [0.05, 0.1) is 54.2 Å². The number of thiophene rings is 2. The minimum absolute atomic E-state index is 0.274. The van der Waals surface area contributed by atoms with Gasteiger partial charge in [0.25, 0.3) is 0 Å². The van der Waals surface area contributed by atoms with Crippen LogP contribution < -0.4 is 16.0 Å². The number of anilines is 4. The molecular weight excluding hydrogens is 823 g/mol. The second-order valence-corrected chi connectivity index (χ2v) is 17.9. The zero-order valence-corrected chi connectivity index (χ0v) is 36.1. The summed E-state index contributed by atoms with van der Waals surface area (Å²) in [7, 11) is 0. The fourth-order valence-corrected chi connectivity index (χ4v) is 11.1. The Hall–Kier alpha value is -5.03.